The molecular weight excluding hydrogens is 378 g/mol. The van der Waals surface area contributed by atoms with Gasteiger partial charge in [0.15, 0.2) is 5.82 Å². The van der Waals surface area contributed by atoms with Gasteiger partial charge in [0.1, 0.15) is 12.4 Å². The van der Waals surface area contributed by atoms with Crippen molar-refractivity contribution in [3.8, 4) is 5.88 Å². The molecule has 1 aliphatic rings. The minimum absolute atomic E-state index is 0.105. The lowest BCUT2D eigenvalue weighted by molar-refractivity contribution is -0.121. The molecule has 10 heteroatoms. The Labute approximate surface area is 168 Å². The Morgan fingerprint density at radius 1 is 1.24 bits per heavy atom. The number of hydrogen-bond donors (Lipinski definition) is 2. The fourth-order valence-corrected chi connectivity index (χ4v) is 2.97. The van der Waals surface area contributed by atoms with Gasteiger partial charge in [0.25, 0.3) is 0 Å². The Morgan fingerprint density at radius 2 is 2.03 bits per heavy atom. The van der Waals surface area contributed by atoms with Crippen LogP contribution in [0.4, 0.5) is 16.3 Å². The molecule has 0 unspecified atom stereocenters. The SMILES string of the molecule is COCCOc1ccc(NC(=O)N2CCC(C(=O)Nc3cc(C)on3)CC2)cn1. The monoisotopic (exact) mass is 403 g/mol. The highest BCUT2D eigenvalue weighted by molar-refractivity contribution is 5.92. The Hall–Kier alpha value is -3.14. The summed E-state index contributed by atoms with van der Waals surface area (Å²) in [5.74, 6) is 1.24. The van der Waals surface area contributed by atoms with Crippen molar-refractivity contribution in [1.82, 2.24) is 15.0 Å². The lowest BCUT2D eigenvalue weighted by Crippen LogP contribution is -2.43. The maximum atomic E-state index is 12.4. The lowest BCUT2D eigenvalue weighted by Gasteiger charge is -2.31. The highest BCUT2D eigenvalue weighted by atomic mass is 16.5. The van der Waals surface area contributed by atoms with Crippen LogP contribution in [-0.4, -0.2) is 60.4 Å². The number of hydrogen-bond acceptors (Lipinski definition) is 7. The van der Waals surface area contributed by atoms with Crippen LogP contribution in [0.1, 0.15) is 18.6 Å². The van der Waals surface area contributed by atoms with Crippen molar-refractivity contribution >= 4 is 23.4 Å². The van der Waals surface area contributed by atoms with Gasteiger partial charge in [0.2, 0.25) is 11.8 Å². The van der Waals surface area contributed by atoms with Gasteiger partial charge in [-0.2, -0.15) is 0 Å². The Balaban J connectivity index is 1.43. The predicted octanol–water partition coefficient (Wildman–Crippen LogP) is 2.29. The number of aryl methyl sites for hydroxylation is 1. The van der Waals surface area contributed by atoms with Crippen LogP contribution in [0.2, 0.25) is 0 Å². The summed E-state index contributed by atoms with van der Waals surface area (Å²) >= 11 is 0. The summed E-state index contributed by atoms with van der Waals surface area (Å²) < 4.78 is 15.3. The number of carbonyl (C=O) groups excluding carboxylic acids is 2. The molecule has 2 aromatic rings. The molecule has 3 heterocycles. The molecule has 1 fully saturated rings. The van der Waals surface area contributed by atoms with Crippen molar-refractivity contribution in [3.05, 3.63) is 30.2 Å². The van der Waals surface area contributed by atoms with Gasteiger partial charge in [-0.15, -0.1) is 0 Å². The maximum absolute atomic E-state index is 12.4. The quantitative estimate of drug-likeness (QED) is 0.681. The van der Waals surface area contributed by atoms with Crippen molar-refractivity contribution in [2.45, 2.75) is 19.8 Å². The third-order valence-electron chi connectivity index (χ3n) is 4.56. The van der Waals surface area contributed by atoms with E-state index in [1.807, 2.05) is 0 Å². The molecule has 0 aliphatic carbocycles. The molecule has 0 saturated carbocycles. The highest BCUT2D eigenvalue weighted by Gasteiger charge is 2.28. The number of amides is 3. The molecule has 1 aliphatic heterocycles. The summed E-state index contributed by atoms with van der Waals surface area (Å²) in [6, 6.07) is 4.87. The van der Waals surface area contributed by atoms with Crippen LogP contribution in [-0.2, 0) is 9.53 Å². The van der Waals surface area contributed by atoms with E-state index in [1.54, 1.807) is 43.3 Å². The number of urea groups is 1. The van der Waals surface area contributed by atoms with Gasteiger partial charge >= 0.3 is 6.03 Å². The molecular formula is C19H25N5O5. The molecule has 0 bridgehead atoms. The normalized spacial score (nSPS) is 14.5. The molecule has 2 aromatic heterocycles. The smallest absolute Gasteiger partial charge is 0.321 e. The number of pyridine rings is 1. The summed E-state index contributed by atoms with van der Waals surface area (Å²) in [5, 5.41) is 9.33. The molecule has 156 valence electrons. The summed E-state index contributed by atoms with van der Waals surface area (Å²) in [7, 11) is 1.60. The molecule has 1 saturated heterocycles. The van der Waals surface area contributed by atoms with Crippen molar-refractivity contribution in [2.24, 2.45) is 5.92 Å². The average molecular weight is 403 g/mol. The van der Waals surface area contributed by atoms with Gasteiger partial charge in [-0.1, -0.05) is 5.16 Å². The van der Waals surface area contributed by atoms with Crippen LogP contribution in [0.15, 0.2) is 28.9 Å². The third-order valence-corrected chi connectivity index (χ3v) is 4.56. The molecule has 3 amide bonds. The Kier molecular flexibility index (Phi) is 7.01. The number of ether oxygens (including phenoxy) is 2. The number of carbonyl (C=O) groups is 2. The van der Waals surface area contributed by atoms with E-state index in [9.17, 15) is 9.59 Å². The molecule has 0 spiro atoms. The van der Waals surface area contributed by atoms with Crippen molar-refractivity contribution in [3.63, 3.8) is 0 Å². The molecule has 0 aromatic carbocycles. The number of likely N-dealkylation sites (tertiary alicyclic amines) is 1. The van der Waals surface area contributed by atoms with E-state index in [0.717, 1.165) is 0 Å². The maximum Gasteiger partial charge on any atom is 0.321 e. The van der Waals surface area contributed by atoms with Crippen LogP contribution in [0.25, 0.3) is 0 Å². The topological polar surface area (TPSA) is 119 Å². The standard InChI is InChI=1S/C19H25N5O5/c1-13-11-16(23-29-13)22-18(25)14-5-7-24(8-6-14)19(26)21-15-3-4-17(20-12-15)28-10-9-27-2/h3-4,11-12,14H,5-10H2,1-2H3,(H,21,26)(H,22,23,25). The van der Waals surface area contributed by atoms with Gasteiger partial charge in [0.05, 0.1) is 18.5 Å². The number of aromatic nitrogens is 2. The predicted molar refractivity (Wildman–Crippen MR) is 105 cm³/mol. The van der Waals surface area contributed by atoms with Gasteiger partial charge in [-0.05, 0) is 25.8 Å². The van der Waals surface area contributed by atoms with Crippen molar-refractivity contribution in [1.29, 1.82) is 0 Å². The van der Waals surface area contributed by atoms with E-state index >= 15 is 0 Å². The van der Waals surface area contributed by atoms with Crippen molar-refractivity contribution < 1.29 is 23.6 Å². The summed E-state index contributed by atoms with van der Waals surface area (Å²) in [4.78, 5) is 30.6. The van der Waals surface area contributed by atoms with Gasteiger partial charge in [0, 0.05) is 38.2 Å². The zero-order chi connectivity index (χ0) is 20.6. The minimum atomic E-state index is -0.217. The Bertz CT molecular complexity index is 815. The lowest BCUT2D eigenvalue weighted by atomic mass is 9.96. The van der Waals surface area contributed by atoms with E-state index < -0.39 is 0 Å². The van der Waals surface area contributed by atoms with Gasteiger partial charge < -0.3 is 29.5 Å². The van der Waals surface area contributed by atoms with Crippen LogP contribution >= 0.6 is 0 Å². The number of anilines is 2. The van der Waals surface area contributed by atoms with Crippen LogP contribution in [0, 0.1) is 12.8 Å². The van der Waals surface area contributed by atoms with E-state index in [4.69, 9.17) is 14.0 Å². The second kappa shape index (κ2) is 9.87. The van der Waals surface area contributed by atoms with E-state index in [-0.39, 0.29) is 17.9 Å². The second-order valence-electron chi connectivity index (χ2n) is 6.73. The molecule has 29 heavy (non-hydrogen) atoms. The average Bonchev–Trinajstić information content (AvgIpc) is 3.14. The van der Waals surface area contributed by atoms with Gasteiger partial charge in [-0.3, -0.25) is 4.79 Å². The molecule has 3 rings (SSSR count). The number of nitrogens with zero attached hydrogens (tertiary/aromatic N) is 3. The van der Waals surface area contributed by atoms with E-state index in [1.165, 1.54) is 0 Å². The zero-order valence-electron chi connectivity index (χ0n) is 16.5. The first-order valence-corrected chi connectivity index (χ1v) is 9.43. The molecule has 2 N–H and O–H groups in total. The first kappa shape index (κ1) is 20.6. The minimum Gasteiger partial charge on any atom is -0.475 e. The number of rotatable bonds is 7. The van der Waals surface area contributed by atoms with Crippen LogP contribution in [0.3, 0.4) is 0 Å². The number of methoxy groups -OCH3 is 1. The highest BCUT2D eigenvalue weighted by Crippen LogP contribution is 2.21. The second-order valence-corrected chi connectivity index (χ2v) is 6.73. The summed E-state index contributed by atoms with van der Waals surface area (Å²) in [6.45, 7) is 3.64. The molecule has 0 atom stereocenters. The Morgan fingerprint density at radius 3 is 2.66 bits per heavy atom. The first-order valence-electron chi connectivity index (χ1n) is 9.43. The molecule has 0 radical (unpaired) electrons. The molecule has 10 nitrogen and oxygen atoms in total. The van der Waals surface area contributed by atoms with Crippen LogP contribution in [0.5, 0.6) is 5.88 Å². The summed E-state index contributed by atoms with van der Waals surface area (Å²) in [6.07, 6.45) is 2.71. The fraction of sp³-hybridized carbons (Fsp3) is 0.474. The van der Waals surface area contributed by atoms with Crippen LogP contribution < -0.4 is 15.4 Å². The number of nitrogens with one attached hydrogen (secondary N) is 2. The number of piperidine rings is 1. The zero-order valence-corrected chi connectivity index (χ0v) is 16.5. The van der Waals surface area contributed by atoms with Gasteiger partial charge in [-0.25, -0.2) is 9.78 Å². The van der Waals surface area contributed by atoms with E-state index in [0.29, 0.717) is 62.3 Å². The first-order chi connectivity index (χ1) is 14.0. The summed E-state index contributed by atoms with van der Waals surface area (Å²) in [5.41, 5.74) is 0.579. The fourth-order valence-electron chi connectivity index (χ4n) is 2.97. The van der Waals surface area contributed by atoms with Crippen molar-refractivity contribution in [2.75, 3.05) is 44.0 Å². The third kappa shape index (κ3) is 5.92. The van der Waals surface area contributed by atoms with E-state index in [2.05, 4.69) is 20.8 Å². The largest absolute Gasteiger partial charge is 0.475 e.